The molecule has 0 nitrogen and oxygen atoms in total. The highest BCUT2D eigenvalue weighted by Crippen LogP contribution is 2.48. The van der Waals surface area contributed by atoms with Gasteiger partial charge in [-0.2, -0.15) is 0 Å². The van der Waals surface area contributed by atoms with Crippen LogP contribution in [0, 0.1) is 0 Å². The Labute approximate surface area is 334 Å². The van der Waals surface area contributed by atoms with Gasteiger partial charge < -0.3 is 0 Å². The predicted molar refractivity (Wildman–Crippen MR) is 245 cm³/mol. The van der Waals surface area contributed by atoms with Crippen LogP contribution in [0.3, 0.4) is 0 Å². The molecular formula is C57H42. The van der Waals surface area contributed by atoms with Gasteiger partial charge in [-0.1, -0.05) is 195 Å². The zero-order valence-electron chi connectivity index (χ0n) is 32.0. The quantitative estimate of drug-likeness (QED) is 0.150. The van der Waals surface area contributed by atoms with Crippen molar-refractivity contribution in [2.45, 2.75) is 31.6 Å². The molecule has 0 heterocycles. The molecule has 0 saturated heterocycles. The molecule has 57 heavy (non-hydrogen) atoms. The molecule has 0 heteroatoms. The maximum atomic E-state index is 2.56. The van der Waals surface area contributed by atoms with Crippen LogP contribution >= 0.6 is 0 Å². The van der Waals surface area contributed by atoms with Crippen LogP contribution in [-0.4, -0.2) is 0 Å². The fourth-order valence-corrected chi connectivity index (χ4v) is 9.83. The Morgan fingerprint density at radius 3 is 1.37 bits per heavy atom. The molecule has 0 bridgehead atoms. The molecule has 1 aliphatic carbocycles. The largest absolute Gasteiger partial charge is 0.0622 e. The number of rotatable bonds is 6. The van der Waals surface area contributed by atoms with Crippen molar-refractivity contribution >= 4 is 43.1 Å². The lowest BCUT2D eigenvalue weighted by Crippen LogP contribution is -1.96. The monoisotopic (exact) mass is 726 g/mol. The summed E-state index contributed by atoms with van der Waals surface area (Å²) < 4.78 is 0. The normalized spacial score (nSPS) is 13.3. The van der Waals surface area contributed by atoms with Crippen molar-refractivity contribution in [3.8, 4) is 55.6 Å². The SMILES string of the molecule is c1ccc(-c2ccc3c(-c4cccc(-c5cccc6ccccc56)c4)c4cc(C5CCCC5)ccc4c(-c4cccc(-c5cccc6ccccc56)c4)c3c2)cc1. The van der Waals surface area contributed by atoms with E-state index in [0.29, 0.717) is 5.92 Å². The number of fused-ring (bicyclic) bond motifs is 4. The molecule has 0 aliphatic heterocycles. The highest BCUT2D eigenvalue weighted by atomic mass is 14.3. The second kappa shape index (κ2) is 14.1. The van der Waals surface area contributed by atoms with E-state index in [0.717, 1.165) is 0 Å². The fourth-order valence-electron chi connectivity index (χ4n) is 9.83. The second-order valence-electron chi connectivity index (χ2n) is 15.9. The summed E-state index contributed by atoms with van der Waals surface area (Å²) in [6.07, 6.45) is 5.17. The molecule has 0 N–H and O–H groups in total. The zero-order valence-corrected chi connectivity index (χ0v) is 32.0. The summed E-state index contributed by atoms with van der Waals surface area (Å²) in [6.45, 7) is 0. The third-order valence-electron chi connectivity index (χ3n) is 12.6. The molecule has 0 aromatic heterocycles. The van der Waals surface area contributed by atoms with Gasteiger partial charge in [0.15, 0.2) is 0 Å². The molecule has 0 unspecified atom stereocenters. The smallest absolute Gasteiger partial charge is 0.00259 e. The van der Waals surface area contributed by atoms with Crippen molar-refractivity contribution < 1.29 is 0 Å². The molecule has 0 atom stereocenters. The van der Waals surface area contributed by atoms with Crippen LogP contribution in [0.5, 0.6) is 0 Å². The molecular weight excluding hydrogens is 685 g/mol. The molecule has 0 spiro atoms. The van der Waals surface area contributed by atoms with Crippen LogP contribution in [0.4, 0.5) is 0 Å². The van der Waals surface area contributed by atoms with E-state index in [1.807, 2.05) is 0 Å². The number of hydrogen-bond donors (Lipinski definition) is 0. The molecule has 0 radical (unpaired) electrons. The molecule has 270 valence electrons. The van der Waals surface area contributed by atoms with Gasteiger partial charge in [0.05, 0.1) is 0 Å². The molecule has 0 amide bonds. The van der Waals surface area contributed by atoms with Gasteiger partial charge in [0.25, 0.3) is 0 Å². The Morgan fingerprint density at radius 2 is 0.754 bits per heavy atom. The van der Waals surface area contributed by atoms with Crippen LogP contribution in [0.25, 0.3) is 98.7 Å². The van der Waals surface area contributed by atoms with Gasteiger partial charge in [-0.25, -0.2) is 0 Å². The van der Waals surface area contributed by atoms with Gasteiger partial charge >= 0.3 is 0 Å². The van der Waals surface area contributed by atoms with Crippen molar-refractivity contribution in [3.05, 3.63) is 206 Å². The molecule has 10 aromatic rings. The van der Waals surface area contributed by atoms with Crippen LogP contribution in [-0.2, 0) is 0 Å². The Kier molecular flexibility index (Phi) is 8.29. The highest BCUT2D eigenvalue weighted by Gasteiger charge is 2.22. The average molecular weight is 727 g/mol. The van der Waals surface area contributed by atoms with E-state index in [1.165, 1.54) is 130 Å². The Balaban J connectivity index is 1.21. The van der Waals surface area contributed by atoms with Gasteiger partial charge in [-0.15, -0.1) is 0 Å². The summed E-state index contributed by atoms with van der Waals surface area (Å²) in [7, 11) is 0. The minimum absolute atomic E-state index is 0.610. The topological polar surface area (TPSA) is 0 Å². The van der Waals surface area contributed by atoms with Gasteiger partial charge in [0.1, 0.15) is 0 Å². The summed E-state index contributed by atoms with van der Waals surface area (Å²) in [4.78, 5) is 0. The van der Waals surface area contributed by atoms with Crippen molar-refractivity contribution in [3.63, 3.8) is 0 Å². The van der Waals surface area contributed by atoms with Crippen LogP contribution < -0.4 is 0 Å². The first kappa shape index (κ1) is 33.6. The summed E-state index contributed by atoms with van der Waals surface area (Å²) >= 11 is 0. The lowest BCUT2D eigenvalue weighted by Gasteiger charge is -2.21. The lowest BCUT2D eigenvalue weighted by atomic mass is 9.82. The van der Waals surface area contributed by atoms with Gasteiger partial charge in [-0.05, 0) is 141 Å². The average Bonchev–Trinajstić information content (AvgIpc) is 3.83. The van der Waals surface area contributed by atoms with E-state index < -0.39 is 0 Å². The minimum atomic E-state index is 0.610. The minimum Gasteiger partial charge on any atom is -0.0622 e. The molecule has 10 aromatic carbocycles. The first-order chi connectivity index (χ1) is 28.3. The molecule has 11 rings (SSSR count). The Bertz CT molecular complexity index is 3110. The lowest BCUT2D eigenvalue weighted by molar-refractivity contribution is 0.724. The Hall–Kier alpha value is -6.76. The van der Waals surface area contributed by atoms with Gasteiger partial charge in [-0.3, -0.25) is 0 Å². The van der Waals surface area contributed by atoms with Crippen LogP contribution in [0.15, 0.2) is 200 Å². The zero-order chi connectivity index (χ0) is 37.7. The number of benzene rings is 10. The van der Waals surface area contributed by atoms with E-state index in [-0.39, 0.29) is 0 Å². The van der Waals surface area contributed by atoms with Crippen molar-refractivity contribution in [2.24, 2.45) is 0 Å². The number of hydrogen-bond acceptors (Lipinski definition) is 0. The van der Waals surface area contributed by atoms with Gasteiger partial charge in [0, 0.05) is 0 Å². The molecule has 1 aliphatic rings. The standard InChI is InChI=1S/C57H42/c1-2-14-38(15-3-1)42-30-32-52-54(36-42)56(46-24-10-22-44(34-46)50-28-12-20-40-18-6-8-26-48(40)50)53-33-31-43(39-16-4-5-17-39)37-55(53)57(52)47-25-11-23-45(35-47)51-29-13-21-41-19-7-9-27-49(41)51/h1-3,6-15,18-37,39H,4-5,16-17H2. The highest BCUT2D eigenvalue weighted by molar-refractivity contribution is 6.22. The fraction of sp³-hybridized carbons (Fsp3) is 0.0877. The third-order valence-corrected chi connectivity index (χ3v) is 12.6. The summed E-state index contributed by atoms with van der Waals surface area (Å²) in [6, 6.07) is 74.9. The van der Waals surface area contributed by atoms with E-state index >= 15 is 0 Å². The summed E-state index contributed by atoms with van der Waals surface area (Å²) in [5.74, 6) is 0.610. The van der Waals surface area contributed by atoms with Crippen molar-refractivity contribution in [2.75, 3.05) is 0 Å². The maximum absolute atomic E-state index is 2.56. The summed E-state index contributed by atoms with van der Waals surface area (Å²) in [5, 5.41) is 10.3. The first-order valence-electron chi connectivity index (χ1n) is 20.5. The Morgan fingerprint density at radius 1 is 0.281 bits per heavy atom. The maximum Gasteiger partial charge on any atom is -0.00259 e. The van der Waals surface area contributed by atoms with Crippen molar-refractivity contribution in [1.29, 1.82) is 0 Å². The van der Waals surface area contributed by atoms with E-state index in [1.54, 1.807) is 0 Å². The predicted octanol–water partition coefficient (Wildman–Crippen LogP) is 16.3. The van der Waals surface area contributed by atoms with Crippen molar-refractivity contribution in [1.82, 2.24) is 0 Å². The molecule has 1 fully saturated rings. The molecule has 1 saturated carbocycles. The van der Waals surface area contributed by atoms with E-state index in [9.17, 15) is 0 Å². The van der Waals surface area contributed by atoms with E-state index in [4.69, 9.17) is 0 Å². The second-order valence-corrected chi connectivity index (χ2v) is 15.9. The van der Waals surface area contributed by atoms with Crippen LogP contribution in [0.2, 0.25) is 0 Å². The first-order valence-corrected chi connectivity index (χ1v) is 20.5. The third kappa shape index (κ3) is 5.92. The van der Waals surface area contributed by atoms with Crippen LogP contribution in [0.1, 0.15) is 37.2 Å². The van der Waals surface area contributed by atoms with E-state index in [2.05, 4.69) is 200 Å². The summed E-state index contributed by atoms with van der Waals surface area (Å²) in [5.41, 5.74) is 14.0. The van der Waals surface area contributed by atoms with Gasteiger partial charge in [0.2, 0.25) is 0 Å².